The largest absolute Gasteiger partial charge is 0.703 e. The average molecular weight is 201 g/mol. The quantitative estimate of drug-likeness (QED) is 0.687. The highest BCUT2D eigenvalue weighted by Crippen LogP contribution is 2.53. The lowest BCUT2D eigenvalue weighted by molar-refractivity contribution is 0.273. The van der Waals surface area contributed by atoms with Crippen LogP contribution in [0.3, 0.4) is 0 Å². The van der Waals surface area contributed by atoms with Gasteiger partial charge in [-0.3, -0.25) is 4.57 Å². The Morgan fingerprint density at radius 3 is 2.36 bits per heavy atom. The zero-order valence-electron chi connectivity index (χ0n) is 6.39. The van der Waals surface area contributed by atoms with Crippen LogP contribution in [0.5, 0.6) is 0 Å². The highest BCUT2D eigenvalue weighted by molar-refractivity contribution is 7.60. The van der Waals surface area contributed by atoms with Crippen molar-refractivity contribution in [2.75, 3.05) is 12.8 Å². The smallest absolute Gasteiger partial charge is 0.306 e. The minimum Gasteiger partial charge on any atom is -0.306 e. The minimum atomic E-state index is -3.29. The summed E-state index contributed by atoms with van der Waals surface area (Å²) >= 11 is 0. The molecule has 0 radical (unpaired) electrons. The van der Waals surface area contributed by atoms with Gasteiger partial charge in [0.1, 0.15) is 0 Å². The number of hydrogen-bond acceptors (Lipinski definition) is 4. The van der Waals surface area contributed by atoms with E-state index >= 15 is 0 Å². The van der Waals surface area contributed by atoms with E-state index in [2.05, 4.69) is 8.83 Å². The van der Waals surface area contributed by atoms with Crippen LogP contribution in [0.2, 0.25) is 0 Å². The van der Waals surface area contributed by atoms with Gasteiger partial charge in [0, 0.05) is 4.57 Å². The lowest BCUT2D eigenvalue weighted by Crippen LogP contribution is -1.92. The van der Waals surface area contributed by atoms with E-state index in [1.807, 2.05) is 0 Å². The second-order valence-corrected chi connectivity index (χ2v) is 4.91. The molecule has 11 heavy (non-hydrogen) atoms. The Morgan fingerprint density at radius 2 is 2.09 bits per heavy atom. The van der Waals surface area contributed by atoms with Crippen molar-refractivity contribution in [1.29, 1.82) is 0 Å². The highest BCUT2D eigenvalue weighted by Gasteiger charge is 2.33. The summed E-state index contributed by atoms with van der Waals surface area (Å²) in [6.45, 7) is 3.40. The summed E-state index contributed by atoms with van der Waals surface area (Å²) in [6, 6.07) is 0. The maximum absolute atomic E-state index is 11.2. The zero-order valence-corrected chi connectivity index (χ0v) is 8.18. The van der Waals surface area contributed by atoms with Gasteiger partial charge in [-0.2, -0.15) is 0 Å². The van der Waals surface area contributed by atoms with Crippen molar-refractivity contribution in [1.82, 2.24) is 0 Å². The molecule has 0 aliphatic heterocycles. The minimum absolute atomic E-state index is 0.0997. The summed E-state index contributed by atoms with van der Waals surface area (Å²) in [5, 5.41) is 0. The van der Waals surface area contributed by atoms with Gasteiger partial charge in [0.2, 0.25) is 0 Å². The monoisotopic (exact) mass is 201 g/mol. The van der Waals surface area contributed by atoms with Crippen LogP contribution in [0, 0.1) is 0 Å². The van der Waals surface area contributed by atoms with Crippen molar-refractivity contribution < 1.29 is 22.9 Å². The average Bonchev–Trinajstić information content (AvgIpc) is 1.87. The predicted octanol–water partition coefficient (Wildman–Crippen LogP) is 1.90. The van der Waals surface area contributed by atoms with Crippen LogP contribution in [0.4, 0.5) is 0 Å². The van der Waals surface area contributed by atoms with E-state index in [0.29, 0.717) is 0 Å². The van der Waals surface area contributed by atoms with Gasteiger partial charge in [-0.1, -0.05) is 6.92 Å². The molecule has 0 aliphatic rings. The molecular weight excluding hydrogens is 190 g/mol. The molecule has 0 saturated heterocycles. The Labute approximate surface area is 66.2 Å². The predicted molar refractivity (Wildman–Crippen MR) is 40.7 cm³/mol. The Bertz CT molecular complexity index is 179. The summed E-state index contributed by atoms with van der Waals surface area (Å²) in [4.78, 5) is 8.28. The van der Waals surface area contributed by atoms with E-state index in [1.165, 1.54) is 0 Å². The Morgan fingerprint density at radius 1 is 1.55 bits per heavy atom. The van der Waals surface area contributed by atoms with E-state index in [0.717, 1.165) is 0 Å². The van der Waals surface area contributed by atoms with E-state index < -0.39 is 15.9 Å². The number of hydrogen-bond donors (Lipinski definition) is 1. The van der Waals surface area contributed by atoms with Crippen molar-refractivity contribution in [2.45, 2.75) is 13.8 Å². The molecule has 2 unspecified atom stereocenters. The third kappa shape index (κ3) is 4.62. The molecular formula is C4H11O5P2+. The van der Waals surface area contributed by atoms with Crippen molar-refractivity contribution in [3.63, 3.8) is 0 Å². The second kappa shape index (κ2) is 4.96. The third-order valence-electron chi connectivity index (χ3n) is 0.907. The molecule has 0 spiro atoms. The first kappa shape index (κ1) is 11.2. The van der Waals surface area contributed by atoms with Gasteiger partial charge in [-0.25, -0.2) is 0 Å². The molecule has 0 bridgehead atoms. The van der Waals surface area contributed by atoms with E-state index in [9.17, 15) is 9.13 Å². The normalized spacial score (nSPS) is 17.5. The molecule has 0 aliphatic carbocycles. The van der Waals surface area contributed by atoms with Crippen molar-refractivity contribution in [3.05, 3.63) is 0 Å². The van der Waals surface area contributed by atoms with Crippen molar-refractivity contribution in [3.8, 4) is 0 Å². The van der Waals surface area contributed by atoms with Crippen LogP contribution in [0.25, 0.3) is 0 Å². The first-order chi connectivity index (χ1) is 5.04. The molecule has 1 N–H and O–H groups in total. The lowest BCUT2D eigenvalue weighted by Gasteiger charge is -2.06. The fraction of sp³-hybridized carbons (Fsp3) is 1.00. The standard InChI is InChI=1S/C4H10O5P2/c1-3-8-11(7,4-2)9-10(5)6/h3-4H2,1-2H3/p+1. The fourth-order valence-electron chi connectivity index (χ4n) is 0.476. The number of rotatable bonds is 5. The van der Waals surface area contributed by atoms with Gasteiger partial charge >= 0.3 is 15.9 Å². The molecule has 0 aromatic rings. The summed E-state index contributed by atoms with van der Waals surface area (Å²) in [6.07, 6.45) is 0.0997. The van der Waals surface area contributed by atoms with E-state index in [-0.39, 0.29) is 12.8 Å². The van der Waals surface area contributed by atoms with Gasteiger partial charge in [-0.15, -0.1) is 4.89 Å². The van der Waals surface area contributed by atoms with Gasteiger partial charge in [0.05, 0.1) is 12.8 Å². The molecule has 0 saturated carbocycles. The maximum atomic E-state index is 11.2. The molecule has 0 aromatic carbocycles. The third-order valence-corrected chi connectivity index (χ3v) is 3.89. The Kier molecular flexibility index (Phi) is 5.06. The highest BCUT2D eigenvalue weighted by atomic mass is 31.2. The van der Waals surface area contributed by atoms with E-state index in [4.69, 9.17) is 4.89 Å². The first-order valence-electron chi connectivity index (χ1n) is 3.13. The lowest BCUT2D eigenvalue weighted by atomic mass is 10.9. The molecule has 66 valence electrons. The topological polar surface area (TPSA) is 72.8 Å². The molecule has 2 atom stereocenters. The van der Waals surface area contributed by atoms with Crippen LogP contribution < -0.4 is 0 Å². The molecule has 0 amide bonds. The molecule has 0 rings (SSSR count). The summed E-state index contributed by atoms with van der Waals surface area (Å²) in [5.41, 5.74) is 0. The van der Waals surface area contributed by atoms with E-state index in [1.54, 1.807) is 13.8 Å². The molecule has 0 aromatic heterocycles. The Hall–Kier alpha value is 0.210. The fourth-order valence-corrected chi connectivity index (χ4v) is 2.55. The van der Waals surface area contributed by atoms with Crippen LogP contribution in [-0.2, 0) is 18.0 Å². The molecule has 0 fully saturated rings. The molecule has 5 nitrogen and oxygen atoms in total. The first-order valence-corrected chi connectivity index (χ1v) is 5.99. The van der Waals surface area contributed by atoms with Crippen molar-refractivity contribution in [2.24, 2.45) is 0 Å². The van der Waals surface area contributed by atoms with Gasteiger partial charge in [0.15, 0.2) is 0 Å². The summed E-state index contributed by atoms with van der Waals surface area (Å²) < 4.78 is 30.2. The van der Waals surface area contributed by atoms with Crippen LogP contribution in [-0.4, -0.2) is 17.7 Å². The van der Waals surface area contributed by atoms with Gasteiger partial charge in [-0.05, 0) is 11.2 Å². The summed E-state index contributed by atoms with van der Waals surface area (Å²) in [7, 11) is -6.13. The van der Waals surface area contributed by atoms with Crippen molar-refractivity contribution >= 4 is 15.9 Å². The maximum Gasteiger partial charge on any atom is 0.703 e. The van der Waals surface area contributed by atoms with Gasteiger partial charge in [0.25, 0.3) is 0 Å². The van der Waals surface area contributed by atoms with Gasteiger partial charge < -0.3 is 4.52 Å². The van der Waals surface area contributed by atoms with Crippen LogP contribution >= 0.6 is 15.9 Å². The summed E-state index contributed by atoms with van der Waals surface area (Å²) in [5.74, 6) is 0. The molecule has 7 heteroatoms. The second-order valence-electron chi connectivity index (χ2n) is 1.66. The van der Waals surface area contributed by atoms with Crippen LogP contribution in [0.1, 0.15) is 13.8 Å². The zero-order chi connectivity index (χ0) is 8.91. The molecule has 0 heterocycles. The Balaban J connectivity index is 4.10. The SMILES string of the molecule is CCOP(=O)(CC)O[P+](=O)O. The van der Waals surface area contributed by atoms with Crippen LogP contribution in [0.15, 0.2) is 0 Å².